The Balaban J connectivity index is 1.95. The number of nitrogens with zero attached hydrogens (tertiary/aromatic N) is 1. The quantitative estimate of drug-likeness (QED) is 0.661. The van der Waals surface area contributed by atoms with E-state index >= 15 is 0 Å². The number of benzene rings is 1. The molecule has 3 atom stereocenters. The Bertz CT molecular complexity index is 603. The average Bonchev–Trinajstić information content (AvgIpc) is 2.88. The maximum absolute atomic E-state index is 12.6. The largest absolute Gasteiger partial charge is 0.497 e. The highest BCUT2D eigenvalue weighted by molar-refractivity contribution is 7.84. The molecule has 6 heteroatoms. The second kappa shape index (κ2) is 4.18. The average molecular weight is 309 g/mol. The van der Waals surface area contributed by atoms with E-state index in [1.165, 1.54) is 4.90 Å². The molecule has 2 amide bonds. The summed E-state index contributed by atoms with van der Waals surface area (Å²) >= 11 is 8.76. The molecule has 1 saturated carbocycles. The van der Waals surface area contributed by atoms with Crippen LogP contribution in [0.5, 0.6) is 5.75 Å². The molecule has 3 rings (SSSR count). The van der Waals surface area contributed by atoms with Gasteiger partial charge in [-0.2, -0.15) is 25.3 Å². The van der Waals surface area contributed by atoms with Gasteiger partial charge in [0.1, 0.15) is 10.5 Å². The minimum atomic E-state index is -0.911. The molecule has 20 heavy (non-hydrogen) atoms. The van der Waals surface area contributed by atoms with Crippen molar-refractivity contribution in [1.82, 2.24) is 0 Å². The number of anilines is 1. The zero-order chi connectivity index (χ0) is 14.7. The van der Waals surface area contributed by atoms with Crippen molar-refractivity contribution in [3.05, 3.63) is 24.3 Å². The molecule has 0 bridgehead atoms. The Morgan fingerprint density at radius 3 is 2.30 bits per heavy atom. The first-order chi connectivity index (χ1) is 9.41. The Morgan fingerprint density at radius 1 is 1.30 bits per heavy atom. The Hall–Kier alpha value is -1.14. The first-order valence-corrected chi connectivity index (χ1v) is 7.35. The number of piperidine rings is 1. The number of rotatable bonds is 3. The van der Waals surface area contributed by atoms with E-state index in [2.05, 4.69) is 25.3 Å². The van der Waals surface area contributed by atoms with Crippen LogP contribution in [0.2, 0.25) is 0 Å². The first-order valence-electron chi connectivity index (χ1n) is 6.27. The molecule has 0 radical (unpaired) electrons. The van der Waals surface area contributed by atoms with Gasteiger partial charge < -0.3 is 4.74 Å². The maximum atomic E-state index is 12.6. The SMILES string of the molecule is COc1ccc(N2C(=O)C3C(C)(CS)C3(S)C2=O)cc1. The van der Waals surface area contributed by atoms with Crippen LogP contribution in [0.1, 0.15) is 6.92 Å². The zero-order valence-electron chi connectivity index (χ0n) is 11.2. The van der Waals surface area contributed by atoms with Gasteiger partial charge in [0, 0.05) is 5.41 Å². The summed E-state index contributed by atoms with van der Waals surface area (Å²) in [4.78, 5) is 26.3. The number of amides is 2. The van der Waals surface area contributed by atoms with Gasteiger partial charge in [0.2, 0.25) is 5.91 Å². The molecule has 3 unspecified atom stereocenters. The van der Waals surface area contributed by atoms with E-state index in [9.17, 15) is 9.59 Å². The van der Waals surface area contributed by atoms with Crippen LogP contribution in [-0.2, 0) is 9.59 Å². The number of carbonyl (C=O) groups excluding carboxylic acids is 2. The van der Waals surface area contributed by atoms with Crippen molar-refractivity contribution in [1.29, 1.82) is 0 Å². The number of hydrogen-bond donors (Lipinski definition) is 2. The fourth-order valence-corrected chi connectivity index (χ4v) is 4.26. The Labute approximate surface area is 128 Å². The number of thiol groups is 2. The lowest BCUT2D eigenvalue weighted by molar-refractivity contribution is -0.124. The van der Waals surface area contributed by atoms with Crippen molar-refractivity contribution >= 4 is 42.8 Å². The van der Waals surface area contributed by atoms with E-state index in [0.717, 1.165) is 0 Å². The minimum absolute atomic E-state index is 0.188. The van der Waals surface area contributed by atoms with Gasteiger partial charge in [-0.1, -0.05) is 6.92 Å². The van der Waals surface area contributed by atoms with Gasteiger partial charge in [-0.25, -0.2) is 4.90 Å². The normalized spacial score (nSPS) is 35.2. The predicted molar refractivity (Wildman–Crippen MR) is 82.7 cm³/mol. The fraction of sp³-hybridized carbons (Fsp3) is 0.429. The van der Waals surface area contributed by atoms with Crippen molar-refractivity contribution in [3.8, 4) is 5.75 Å². The van der Waals surface area contributed by atoms with Crippen LogP contribution >= 0.6 is 25.3 Å². The summed E-state index contributed by atoms with van der Waals surface area (Å²) < 4.78 is 4.16. The third-order valence-electron chi connectivity index (χ3n) is 4.50. The number of carbonyl (C=O) groups is 2. The van der Waals surface area contributed by atoms with Crippen LogP contribution in [0.15, 0.2) is 24.3 Å². The van der Waals surface area contributed by atoms with Crippen molar-refractivity contribution in [2.75, 3.05) is 17.8 Å². The van der Waals surface area contributed by atoms with Crippen molar-refractivity contribution in [3.63, 3.8) is 0 Å². The molecule has 0 spiro atoms. The molecule has 1 aliphatic carbocycles. The van der Waals surface area contributed by atoms with Gasteiger partial charge in [0.25, 0.3) is 5.91 Å². The van der Waals surface area contributed by atoms with Crippen molar-refractivity contribution in [2.24, 2.45) is 11.3 Å². The van der Waals surface area contributed by atoms with Crippen LogP contribution in [0.25, 0.3) is 0 Å². The van der Waals surface area contributed by atoms with Gasteiger partial charge in [0.15, 0.2) is 0 Å². The third-order valence-corrected chi connectivity index (χ3v) is 6.12. The predicted octanol–water partition coefficient (Wildman–Crippen LogP) is 1.80. The van der Waals surface area contributed by atoms with Crippen LogP contribution in [-0.4, -0.2) is 29.4 Å². The van der Waals surface area contributed by atoms with Crippen LogP contribution in [0.4, 0.5) is 5.69 Å². The first kappa shape index (κ1) is 13.8. The van der Waals surface area contributed by atoms with E-state index in [0.29, 0.717) is 17.2 Å². The summed E-state index contributed by atoms with van der Waals surface area (Å²) in [6, 6.07) is 6.86. The van der Waals surface area contributed by atoms with E-state index < -0.39 is 10.2 Å². The van der Waals surface area contributed by atoms with E-state index in [1.54, 1.807) is 31.4 Å². The Morgan fingerprint density at radius 2 is 1.90 bits per heavy atom. The molecule has 0 N–H and O–H groups in total. The molecular weight excluding hydrogens is 294 g/mol. The molecule has 1 aromatic carbocycles. The van der Waals surface area contributed by atoms with Crippen LogP contribution in [0, 0.1) is 11.3 Å². The molecule has 1 aromatic rings. The third kappa shape index (κ3) is 1.41. The lowest BCUT2D eigenvalue weighted by Crippen LogP contribution is -2.41. The highest BCUT2D eigenvalue weighted by atomic mass is 32.1. The number of hydrogen-bond acceptors (Lipinski definition) is 5. The molecule has 2 aliphatic rings. The highest BCUT2D eigenvalue weighted by Crippen LogP contribution is 2.71. The summed E-state index contributed by atoms with van der Waals surface area (Å²) in [6.45, 7) is 1.89. The van der Waals surface area contributed by atoms with Crippen LogP contribution < -0.4 is 9.64 Å². The fourth-order valence-electron chi connectivity index (χ4n) is 3.06. The number of fused-ring (bicyclic) bond motifs is 1. The molecule has 1 heterocycles. The highest BCUT2D eigenvalue weighted by Gasteiger charge is 2.84. The van der Waals surface area contributed by atoms with Crippen molar-refractivity contribution < 1.29 is 14.3 Å². The molecule has 106 valence electrons. The van der Waals surface area contributed by atoms with Gasteiger partial charge in [-0.05, 0) is 30.0 Å². The second-order valence-corrected chi connectivity index (χ2v) is 6.47. The molecule has 2 fully saturated rings. The molecular formula is C14H15NO3S2. The zero-order valence-corrected chi connectivity index (χ0v) is 12.9. The second-order valence-electron chi connectivity index (χ2n) is 5.45. The summed E-state index contributed by atoms with van der Waals surface area (Å²) in [5.41, 5.74) is 0.110. The van der Waals surface area contributed by atoms with E-state index in [-0.39, 0.29) is 17.7 Å². The molecule has 1 saturated heterocycles. The summed E-state index contributed by atoms with van der Waals surface area (Å²) in [5.74, 6) is 0.322. The lowest BCUT2D eigenvalue weighted by atomic mass is 10.0. The standard InChI is InChI=1S/C14H15NO3S2/c1-13(7-19)10-11(16)15(12(17)14(10,13)20)8-3-5-9(18-2)6-4-8/h3-6,10,19-20H,7H2,1-2H3. The van der Waals surface area contributed by atoms with Gasteiger partial charge in [0.05, 0.1) is 18.7 Å². The van der Waals surface area contributed by atoms with Gasteiger partial charge in [-0.3, -0.25) is 9.59 Å². The van der Waals surface area contributed by atoms with E-state index in [4.69, 9.17) is 4.74 Å². The Kier molecular flexibility index (Phi) is 2.89. The molecule has 1 aliphatic heterocycles. The summed E-state index contributed by atoms with van der Waals surface area (Å²) in [6.07, 6.45) is 0. The van der Waals surface area contributed by atoms with Crippen LogP contribution in [0.3, 0.4) is 0 Å². The summed E-state index contributed by atoms with van der Waals surface area (Å²) in [7, 11) is 1.57. The molecule has 4 nitrogen and oxygen atoms in total. The van der Waals surface area contributed by atoms with Gasteiger partial charge in [-0.15, -0.1) is 0 Å². The topological polar surface area (TPSA) is 46.6 Å². The number of ether oxygens (including phenoxy) is 1. The molecule has 0 aromatic heterocycles. The monoisotopic (exact) mass is 309 g/mol. The lowest BCUT2D eigenvalue weighted by Gasteiger charge is -2.24. The van der Waals surface area contributed by atoms with Crippen molar-refractivity contribution in [2.45, 2.75) is 11.7 Å². The summed E-state index contributed by atoms with van der Waals surface area (Å²) in [5, 5.41) is 0. The van der Waals surface area contributed by atoms with Gasteiger partial charge >= 0.3 is 0 Å². The number of imide groups is 1. The minimum Gasteiger partial charge on any atom is -0.497 e. The number of methoxy groups -OCH3 is 1. The maximum Gasteiger partial charge on any atom is 0.251 e. The smallest absolute Gasteiger partial charge is 0.251 e. The van der Waals surface area contributed by atoms with E-state index in [1.807, 2.05) is 6.92 Å².